The van der Waals surface area contributed by atoms with E-state index in [0.29, 0.717) is 0 Å². The minimum absolute atomic E-state index is 0.822. The van der Waals surface area contributed by atoms with E-state index in [1.807, 2.05) is 60.7 Å². The number of aryl methyl sites for hydroxylation is 1. The largest absolute Gasteiger partial charge is 0.456 e. The smallest absolute Gasteiger partial charge is 0.181 e. The Balaban J connectivity index is 0.000000136. The summed E-state index contributed by atoms with van der Waals surface area (Å²) in [7, 11) is 2.15. The van der Waals surface area contributed by atoms with E-state index in [4.69, 9.17) is 8.83 Å². The molecule has 4 heterocycles. The summed E-state index contributed by atoms with van der Waals surface area (Å²) in [6.07, 6.45) is 0. The molecule has 0 aliphatic heterocycles. The lowest BCUT2D eigenvalue weighted by Gasteiger charge is -2.08. The van der Waals surface area contributed by atoms with Crippen molar-refractivity contribution in [1.82, 2.24) is 14.8 Å². The first-order valence-electron chi connectivity index (χ1n) is 15.8. The van der Waals surface area contributed by atoms with E-state index in [9.17, 15) is 0 Å². The maximum atomic E-state index is 6.17. The molecule has 0 aliphatic carbocycles. The number of H-pyrrole nitrogens is 1. The molecule has 222 valence electrons. The van der Waals surface area contributed by atoms with Gasteiger partial charge < -0.3 is 13.4 Å². The van der Waals surface area contributed by atoms with E-state index in [2.05, 4.69) is 101 Å². The first-order chi connectivity index (χ1) is 23.2. The average molecular weight is 606 g/mol. The Morgan fingerprint density at radius 1 is 0.489 bits per heavy atom. The van der Waals surface area contributed by atoms with Crippen LogP contribution in [0.1, 0.15) is 0 Å². The van der Waals surface area contributed by atoms with Gasteiger partial charge in [0, 0.05) is 56.0 Å². The zero-order valence-electron chi connectivity index (χ0n) is 25.5. The zero-order valence-corrected chi connectivity index (χ0v) is 25.5. The second kappa shape index (κ2) is 9.83. The Morgan fingerprint density at radius 2 is 1.15 bits per heavy atom. The monoisotopic (exact) mass is 605 g/mol. The fraction of sp³-hybridized carbons (Fsp3) is 0.0238. The molecule has 0 amide bonds. The van der Waals surface area contributed by atoms with Gasteiger partial charge in [-0.15, -0.1) is 0 Å². The number of furan rings is 2. The lowest BCUT2D eigenvalue weighted by molar-refractivity contribution is 0.669. The molecule has 47 heavy (non-hydrogen) atoms. The molecule has 0 aliphatic rings. The van der Waals surface area contributed by atoms with Gasteiger partial charge in [-0.3, -0.25) is 5.10 Å². The van der Waals surface area contributed by atoms with Crippen LogP contribution >= 0.6 is 0 Å². The molecule has 0 spiro atoms. The number of fused-ring (bicyclic) bond motifs is 14. The van der Waals surface area contributed by atoms with E-state index in [1.165, 1.54) is 54.1 Å². The van der Waals surface area contributed by atoms with Crippen molar-refractivity contribution in [3.8, 4) is 11.3 Å². The summed E-state index contributed by atoms with van der Waals surface area (Å²) in [6, 6.07) is 48.4. The van der Waals surface area contributed by atoms with Crippen molar-refractivity contribution in [3.63, 3.8) is 0 Å². The summed E-state index contributed by atoms with van der Waals surface area (Å²) in [5, 5.41) is 18.6. The number of rotatable bonds is 1. The lowest BCUT2D eigenvalue weighted by atomic mass is 9.95. The first-order valence-corrected chi connectivity index (χ1v) is 15.8. The highest BCUT2D eigenvalue weighted by Gasteiger charge is 2.17. The van der Waals surface area contributed by atoms with Crippen LogP contribution < -0.4 is 0 Å². The summed E-state index contributed by atoms with van der Waals surface area (Å²) < 4.78 is 14.3. The van der Waals surface area contributed by atoms with Gasteiger partial charge in [-0.1, -0.05) is 103 Å². The van der Waals surface area contributed by atoms with Crippen molar-refractivity contribution < 1.29 is 8.83 Å². The van der Waals surface area contributed by atoms with Crippen LogP contribution in [0.25, 0.3) is 98.6 Å². The predicted octanol–water partition coefficient (Wildman–Crippen LogP) is 11.5. The number of hydrogen-bond acceptors (Lipinski definition) is 3. The van der Waals surface area contributed by atoms with Gasteiger partial charge in [0.25, 0.3) is 0 Å². The minimum atomic E-state index is 0.822. The molecule has 0 fully saturated rings. The second-order valence-corrected chi connectivity index (χ2v) is 12.1. The van der Waals surface area contributed by atoms with Crippen molar-refractivity contribution in [1.29, 1.82) is 0 Å². The molecule has 0 unspecified atom stereocenters. The number of nitrogens with one attached hydrogen (secondary N) is 1. The standard InChI is InChI=1S/C27H17NO.C15H10N2O/c1-28-21-8-4-2-6-19(21)26-18-12-10-16-11-15-24-27(20-7-3-5-9-23(20)29-24)25(16)17(18)13-14-22(26)28;1-2-6-10(7-3-1)13-15-14(17-16-13)11-8-4-5-9-12(11)18-15/h2-15H,1H3;1-9H,(H,16,17). The van der Waals surface area contributed by atoms with Crippen LogP contribution in [0, 0.1) is 0 Å². The summed E-state index contributed by atoms with van der Waals surface area (Å²) >= 11 is 0. The Labute approximate surface area is 268 Å². The van der Waals surface area contributed by atoms with Gasteiger partial charge >= 0.3 is 0 Å². The molecule has 11 aromatic rings. The zero-order chi connectivity index (χ0) is 31.1. The highest BCUT2D eigenvalue weighted by Crippen LogP contribution is 2.42. The molecule has 0 radical (unpaired) electrons. The van der Waals surface area contributed by atoms with Crippen molar-refractivity contribution in [3.05, 3.63) is 140 Å². The predicted molar refractivity (Wildman–Crippen MR) is 194 cm³/mol. The third-order valence-corrected chi connectivity index (χ3v) is 9.53. The number of para-hydroxylation sites is 3. The summed E-state index contributed by atoms with van der Waals surface area (Å²) in [4.78, 5) is 0. The Bertz CT molecular complexity index is 2980. The summed E-state index contributed by atoms with van der Waals surface area (Å²) in [6.45, 7) is 0. The van der Waals surface area contributed by atoms with Crippen molar-refractivity contribution >= 4 is 87.4 Å². The Kier molecular flexibility index (Phi) is 5.43. The van der Waals surface area contributed by atoms with Gasteiger partial charge in [-0.25, -0.2) is 0 Å². The van der Waals surface area contributed by atoms with Crippen LogP contribution in [-0.2, 0) is 7.05 Å². The third kappa shape index (κ3) is 3.74. The van der Waals surface area contributed by atoms with E-state index in [0.717, 1.165) is 44.5 Å². The minimum Gasteiger partial charge on any atom is -0.456 e. The molecule has 0 bridgehead atoms. The van der Waals surface area contributed by atoms with Crippen molar-refractivity contribution in [2.45, 2.75) is 0 Å². The van der Waals surface area contributed by atoms with Crippen LogP contribution in [-0.4, -0.2) is 14.8 Å². The second-order valence-electron chi connectivity index (χ2n) is 12.1. The number of hydrogen-bond donors (Lipinski definition) is 1. The highest BCUT2D eigenvalue weighted by molar-refractivity contribution is 6.31. The van der Waals surface area contributed by atoms with Gasteiger partial charge in [-0.05, 0) is 52.6 Å². The number of aromatic nitrogens is 3. The molecule has 5 nitrogen and oxygen atoms in total. The fourth-order valence-corrected chi connectivity index (χ4v) is 7.38. The Hall–Kier alpha value is -6.33. The van der Waals surface area contributed by atoms with Crippen LogP contribution in [0.15, 0.2) is 148 Å². The number of nitrogens with zero attached hydrogens (tertiary/aromatic N) is 2. The van der Waals surface area contributed by atoms with Crippen LogP contribution in [0.5, 0.6) is 0 Å². The van der Waals surface area contributed by atoms with E-state index in [-0.39, 0.29) is 0 Å². The topological polar surface area (TPSA) is 59.9 Å². The average Bonchev–Trinajstić information content (AvgIpc) is 3.88. The van der Waals surface area contributed by atoms with Gasteiger partial charge in [-0.2, -0.15) is 5.10 Å². The molecule has 0 atom stereocenters. The molecular weight excluding hydrogens is 578 g/mol. The number of aromatic amines is 1. The summed E-state index contributed by atoms with van der Waals surface area (Å²) in [5.41, 5.74) is 9.02. The van der Waals surface area contributed by atoms with E-state index >= 15 is 0 Å². The van der Waals surface area contributed by atoms with E-state index in [1.54, 1.807) is 0 Å². The Morgan fingerprint density at radius 3 is 2.00 bits per heavy atom. The maximum Gasteiger partial charge on any atom is 0.181 e. The highest BCUT2D eigenvalue weighted by atomic mass is 16.3. The van der Waals surface area contributed by atoms with Crippen LogP contribution in [0.3, 0.4) is 0 Å². The van der Waals surface area contributed by atoms with Gasteiger partial charge in [0.15, 0.2) is 5.58 Å². The van der Waals surface area contributed by atoms with Crippen LogP contribution in [0.4, 0.5) is 0 Å². The lowest BCUT2D eigenvalue weighted by Crippen LogP contribution is -1.86. The van der Waals surface area contributed by atoms with Crippen molar-refractivity contribution in [2.75, 3.05) is 0 Å². The number of benzene rings is 7. The SMILES string of the molecule is Cn1c2ccccc2c2c3ccc4ccc5oc6ccccc6c5c4c3ccc21.c1ccc(-c2n[nH]c3c2oc2ccccc23)cc1. The quantitative estimate of drug-likeness (QED) is 0.189. The van der Waals surface area contributed by atoms with Gasteiger partial charge in [0.2, 0.25) is 0 Å². The van der Waals surface area contributed by atoms with E-state index < -0.39 is 0 Å². The fourth-order valence-electron chi connectivity index (χ4n) is 7.38. The molecule has 4 aromatic heterocycles. The molecule has 0 saturated carbocycles. The summed E-state index contributed by atoms with van der Waals surface area (Å²) in [5.74, 6) is 0. The molecular formula is C42H27N3O2. The maximum absolute atomic E-state index is 6.17. The normalized spacial score (nSPS) is 11.9. The molecule has 11 rings (SSSR count). The van der Waals surface area contributed by atoms with Crippen LogP contribution in [0.2, 0.25) is 0 Å². The first kappa shape index (κ1) is 25.9. The van der Waals surface area contributed by atoms with Gasteiger partial charge in [0.1, 0.15) is 28.0 Å². The molecule has 1 N–H and O–H groups in total. The third-order valence-electron chi connectivity index (χ3n) is 9.53. The molecule has 5 heteroatoms. The van der Waals surface area contributed by atoms with Crippen molar-refractivity contribution in [2.24, 2.45) is 7.05 Å². The molecule has 0 saturated heterocycles. The van der Waals surface area contributed by atoms with Gasteiger partial charge in [0.05, 0.1) is 0 Å². The molecule has 7 aromatic carbocycles.